The molecule has 24 heavy (non-hydrogen) atoms. The molecule has 0 fully saturated rings. The Morgan fingerprint density at radius 3 is 2.83 bits per heavy atom. The first-order chi connectivity index (χ1) is 11.5. The maximum atomic E-state index is 14.0. The Kier molecular flexibility index (Phi) is 4.08. The largest absolute Gasteiger partial charge is 0.466 e. The summed E-state index contributed by atoms with van der Waals surface area (Å²) in [5.41, 5.74) is -1.23. The number of nitrogens with zero attached hydrogens (tertiary/aromatic N) is 2. The molecule has 0 saturated carbocycles. The van der Waals surface area contributed by atoms with Gasteiger partial charge >= 0.3 is 5.97 Å². The molecule has 1 aliphatic heterocycles. The molecule has 0 amide bonds. The van der Waals surface area contributed by atoms with Crippen molar-refractivity contribution in [3.8, 4) is 5.75 Å². The molecule has 6 nitrogen and oxygen atoms in total. The van der Waals surface area contributed by atoms with E-state index in [1.807, 2.05) is 0 Å². The molecular weight excluding hydrogens is 329 g/mol. The Balaban J connectivity index is 2.37. The van der Waals surface area contributed by atoms with Crippen LogP contribution in [0.4, 0.5) is 13.2 Å². The minimum Gasteiger partial charge on any atom is -0.466 e. The normalized spacial score (nSPS) is 13.1. The van der Waals surface area contributed by atoms with Gasteiger partial charge in [-0.2, -0.15) is 4.39 Å². The van der Waals surface area contributed by atoms with Crippen LogP contribution >= 0.6 is 0 Å². The molecule has 0 bridgehead atoms. The zero-order valence-electron chi connectivity index (χ0n) is 12.6. The summed E-state index contributed by atoms with van der Waals surface area (Å²) >= 11 is 0. The Morgan fingerprint density at radius 2 is 2.17 bits per heavy atom. The third-order valence-corrected chi connectivity index (χ3v) is 3.62. The van der Waals surface area contributed by atoms with Gasteiger partial charge in [-0.3, -0.25) is 14.5 Å². The van der Waals surface area contributed by atoms with E-state index in [9.17, 15) is 22.8 Å². The minimum atomic E-state index is -1.28. The van der Waals surface area contributed by atoms with Crippen LogP contribution in [-0.4, -0.2) is 37.2 Å². The lowest BCUT2D eigenvalue weighted by atomic mass is 10.1. The van der Waals surface area contributed by atoms with E-state index in [0.29, 0.717) is 6.07 Å². The van der Waals surface area contributed by atoms with Gasteiger partial charge in [-0.1, -0.05) is 0 Å². The van der Waals surface area contributed by atoms with Crippen LogP contribution in [0.5, 0.6) is 5.75 Å². The quantitative estimate of drug-likeness (QED) is 0.792. The highest BCUT2D eigenvalue weighted by atomic mass is 19.2. The third-order valence-electron chi connectivity index (χ3n) is 3.62. The molecule has 3 rings (SSSR count). The van der Waals surface area contributed by atoms with Gasteiger partial charge in [0.2, 0.25) is 11.2 Å². The SMILES string of the molecule is CCOC(=O)c1cn2c3c(c(F)c(F)cc3c1=O)OCN2CCF. The Labute approximate surface area is 134 Å². The molecule has 1 aliphatic rings. The standard InChI is InChI=1S/C15H13F3N2O4/c1-2-23-15(22)9-6-20-12-8(13(9)21)5-10(17)11(18)14(12)24-7-19(20)4-3-16/h5-6H,2-4,7H2,1H3. The predicted molar refractivity (Wildman–Crippen MR) is 78.6 cm³/mol. The molecule has 1 aromatic heterocycles. The molecule has 2 aromatic rings. The number of pyridine rings is 1. The van der Waals surface area contributed by atoms with Crippen molar-refractivity contribution in [3.63, 3.8) is 0 Å². The molecular formula is C15H13F3N2O4. The lowest BCUT2D eigenvalue weighted by Gasteiger charge is -2.33. The van der Waals surface area contributed by atoms with E-state index >= 15 is 0 Å². The summed E-state index contributed by atoms with van der Waals surface area (Å²) in [6.07, 6.45) is 1.13. The van der Waals surface area contributed by atoms with E-state index in [2.05, 4.69) is 0 Å². The fraction of sp³-hybridized carbons (Fsp3) is 0.333. The van der Waals surface area contributed by atoms with E-state index in [1.54, 1.807) is 6.92 Å². The van der Waals surface area contributed by atoms with Gasteiger partial charge in [0.05, 0.1) is 18.5 Å². The number of benzene rings is 1. The van der Waals surface area contributed by atoms with Crippen molar-refractivity contribution in [1.82, 2.24) is 4.68 Å². The number of rotatable bonds is 4. The number of carbonyl (C=O) groups excluding carboxylic acids is 1. The van der Waals surface area contributed by atoms with Crippen LogP contribution in [0.25, 0.3) is 10.9 Å². The highest BCUT2D eigenvalue weighted by Crippen LogP contribution is 2.32. The van der Waals surface area contributed by atoms with Gasteiger partial charge in [0.25, 0.3) is 0 Å². The first kappa shape index (κ1) is 16.2. The van der Waals surface area contributed by atoms with Crippen molar-refractivity contribution < 1.29 is 27.4 Å². The van der Waals surface area contributed by atoms with Crippen LogP contribution in [0.3, 0.4) is 0 Å². The molecule has 0 spiro atoms. The smallest absolute Gasteiger partial charge is 0.343 e. The van der Waals surface area contributed by atoms with E-state index in [-0.39, 0.29) is 36.3 Å². The van der Waals surface area contributed by atoms with Gasteiger partial charge in [-0.05, 0) is 13.0 Å². The maximum Gasteiger partial charge on any atom is 0.343 e. The Morgan fingerprint density at radius 1 is 1.42 bits per heavy atom. The molecule has 0 atom stereocenters. The fourth-order valence-electron chi connectivity index (χ4n) is 2.56. The summed E-state index contributed by atoms with van der Waals surface area (Å²) in [7, 11) is 0. The first-order valence-corrected chi connectivity index (χ1v) is 7.18. The number of aromatic nitrogens is 1. The summed E-state index contributed by atoms with van der Waals surface area (Å²) in [5, 5.41) is 1.06. The topological polar surface area (TPSA) is 60.8 Å². The molecule has 9 heteroatoms. The summed E-state index contributed by atoms with van der Waals surface area (Å²) in [6, 6.07) is 0.692. The lowest BCUT2D eigenvalue weighted by Crippen LogP contribution is -2.44. The van der Waals surface area contributed by atoms with E-state index < -0.39 is 35.5 Å². The van der Waals surface area contributed by atoms with Crippen LogP contribution in [0.1, 0.15) is 17.3 Å². The second kappa shape index (κ2) is 6.06. The molecule has 0 saturated heterocycles. The first-order valence-electron chi connectivity index (χ1n) is 7.18. The van der Waals surface area contributed by atoms with E-state index in [0.717, 1.165) is 6.20 Å². The van der Waals surface area contributed by atoms with Crippen LogP contribution in [-0.2, 0) is 4.74 Å². The molecule has 0 unspecified atom stereocenters. The number of alkyl halides is 1. The van der Waals surface area contributed by atoms with E-state index in [1.165, 1.54) is 9.69 Å². The van der Waals surface area contributed by atoms with Crippen molar-refractivity contribution in [2.75, 3.05) is 31.6 Å². The number of hydrogen-bond acceptors (Lipinski definition) is 5. The highest BCUT2D eigenvalue weighted by Gasteiger charge is 2.28. The monoisotopic (exact) mass is 342 g/mol. The Bertz CT molecular complexity index is 881. The number of ether oxygens (including phenoxy) is 2. The second-order valence-corrected chi connectivity index (χ2v) is 5.03. The van der Waals surface area contributed by atoms with Gasteiger partial charge in [-0.15, -0.1) is 0 Å². The van der Waals surface area contributed by atoms with Crippen molar-refractivity contribution in [3.05, 3.63) is 39.7 Å². The molecule has 0 radical (unpaired) electrons. The molecule has 2 heterocycles. The zero-order valence-corrected chi connectivity index (χ0v) is 12.6. The van der Waals surface area contributed by atoms with Crippen LogP contribution in [0, 0.1) is 11.6 Å². The number of halogens is 3. The highest BCUT2D eigenvalue weighted by molar-refractivity contribution is 5.95. The van der Waals surface area contributed by atoms with Crippen molar-refractivity contribution >= 4 is 16.9 Å². The fourth-order valence-corrected chi connectivity index (χ4v) is 2.56. The van der Waals surface area contributed by atoms with Crippen LogP contribution < -0.4 is 15.2 Å². The summed E-state index contributed by atoms with van der Waals surface area (Å²) in [4.78, 5) is 24.4. The molecule has 0 aliphatic carbocycles. The molecule has 1 aromatic carbocycles. The summed E-state index contributed by atoms with van der Waals surface area (Å²) < 4.78 is 51.7. The predicted octanol–water partition coefficient (Wildman–Crippen LogP) is 1.71. The second-order valence-electron chi connectivity index (χ2n) is 5.03. The molecule has 128 valence electrons. The van der Waals surface area contributed by atoms with Gasteiger partial charge < -0.3 is 9.47 Å². The minimum absolute atomic E-state index is 0.0383. The average molecular weight is 342 g/mol. The van der Waals surface area contributed by atoms with Crippen LogP contribution in [0.15, 0.2) is 17.1 Å². The average Bonchev–Trinajstić information content (AvgIpc) is 2.56. The molecule has 0 N–H and O–H groups in total. The van der Waals surface area contributed by atoms with Crippen molar-refractivity contribution in [2.45, 2.75) is 6.92 Å². The number of esters is 1. The van der Waals surface area contributed by atoms with Gasteiger partial charge in [0.15, 0.2) is 18.3 Å². The van der Waals surface area contributed by atoms with Gasteiger partial charge in [-0.25, -0.2) is 13.6 Å². The Hall–Kier alpha value is -2.71. The van der Waals surface area contributed by atoms with Gasteiger partial charge in [0, 0.05) is 6.20 Å². The maximum absolute atomic E-state index is 14.0. The summed E-state index contributed by atoms with van der Waals surface area (Å²) in [5.74, 6) is -3.88. The van der Waals surface area contributed by atoms with E-state index in [4.69, 9.17) is 9.47 Å². The number of carbonyl (C=O) groups is 1. The zero-order chi connectivity index (χ0) is 17.4. The number of hydrogen-bond donors (Lipinski definition) is 0. The van der Waals surface area contributed by atoms with Gasteiger partial charge in [0.1, 0.15) is 17.8 Å². The third kappa shape index (κ3) is 2.36. The lowest BCUT2D eigenvalue weighted by molar-refractivity contribution is 0.0524. The van der Waals surface area contributed by atoms with Crippen LogP contribution in [0.2, 0.25) is 0 Å². The summed E-state index contributed by atoms with van der Waals surface area (Å²) in [6.45, 7) is 0.467. The van der Waals surface area contributed by atoms with Crippen molar-refractivity contribution in [1.29, 1.82) is 0 Å². The van der Waals surface area contributed by atoms with Crippen molar-refractivity contribution in [2.24, 2.45) is 0 Å².